The van der Waals surface area contributed by atoms with Gasteiger partial charge in [-0.1, -0.05) is 196 Å². The van der Waals surface area contributed by atoms with E-state index in [0.29, 0.717) is 0 Å². The predicted octanol–water partition coefficient (Wildman–Crippen LogP) is 15.7. The van der Waals surface area contributed by atoms with Gasteiger partial charge in [-0.25, -0.2) is 0 Å². The van der Waals surface area contributed by atoms with Crippen molar-refractivity contribution in [2.45, 2.75) is 43.6 Å². The lowest BCUT2D eigenvalue weighted by molar-refractivity contribution is 0.447. The summed E-state index contributed by atoms with van der Waals surface area (Å²) in [4.78, 5) is 2.63. The van der Waals surface area contributed by atoms with Crippen LogP contribution in [0.4, 0.5) is 11.4 Å². The molecule has 1 heterocycles. The van der Waals surface area contributed by atoms with Crippen LogP contribution in [0.5, 0.6) is 11.5 Å². The maximum atomic E-state index is 7.30. The molecule has 13 rings (SSSR count). The lowest BCUT2D eigenvalue weighted by Crippen LogP contribution is -2.43. The first-order valence-corrected chi connectivity index (χ1v) is 22.3. The van der Waals surface area contributed by atoms with Crippen molar-refractivity contribution in [3.63, 3.8) is 0 Å². The zero-order valence-corrected chi connectivity index (χ0v) is 35.7. The fourth-order valence-electron chi connectivity index (χ4n) is 12.0. The maximum absolute atomic E-state index is 7.30. The van der Waals surface area contributed by atoms with E-state index in [1.165, 1.54) is 77.6 Å². The molecule has 2 heteroatoms. The summed E-state index contributed by atoms with van der Waals surface area (Å²) in [6.45, 7) is 7.21. The predicted molar refractivity (Wildman–Crippen MR) is 261 cm³/mol. The molecular formula is C61H45NO. The number of anilines is 2. The van der Waals surface area contributed by atoms with Gasteiger partial charge in [0.05, 0.1) is 11.0 Å². The lowest BCUT2D eigenvalue weighted by Gasteiger charge is -2.44. The van der Waals surface area contributed by atoms with E-state index in [9.17, 15) is 0 Å². The van der Waals surface area contributed by atoms with Gasteiger partial charge in [-0.05, 0) is 104 Å². The minimum Gasteiger partial charge on any atom is -0.455 e. The van der Waals surface area contributed by atoms with Crippen LogP contribution in [0, 0.1) is 0 Å². The van der Waals surface area contributed by atoms with E-state index in [1.54, 1.807) is 0 Å². The summed E-state index contributed by atoms with van der Waals surface area (Å²) < 4.78 is 7.30. The molecule has 1 atom stereocenters. The van der Waals surface area contributed by atoms with Crippen LogP contribution in [0.15, 0.2) is 212 Å². The highest BCUT2D eigenvalue weighted by atomic mass is 16.5. The molecule has 0 saturated carbocycles. The van der Waals surface area contributed by atoms with Gasteiger partial charge in [-0.3, -0.25) is 0 Å². The minimum absolute atomic E-state index is 0.0638. The van der Waals surface area contributed by atoms with Gasteiger partial charge in [0.1, 0.15) is 11.5 Å². The van der Waals surface area contributed by atoms with Gasteiger partial charge in [-0.2, -0.15) is 0 Å². The van der Waals surface area contributed by atoms with Gasteiger partial charge in [0.2, 0.25) is 0 Å². The summed E-state index contributed by atoms with van der Waals surface area (Å²) in [7, 11) is 0. The van der Waals surface area contributed by atoms with Gasteiger partial charge in [0, 0.05) is 38.7 Å². The smallest absolute Gasteiger partial charge is 0.140 e. The Morgan fingerprint density at radius 2 is 1.03 bits per heavy atom. The van der Waals surface area contributed by atoms with Crippen molar-refractivity contribution < 1.29 is 4.74 Å². The summed E-state index contributed by atoms with van der Waals surface area (Å²) in [5, 5.41) is 4.58. The Bertz CT molecular complexity index is 3380. The monoisotopic (exact) mass is 807 g/mol. The topological polar surface area (TPSA) is 12.5 Å². The fourth-order valence-corrected chi connectivity index (χ4v) is 12.0. The molecule has 3 aliphatic carbocycles. The largest absolute Gasteiger partial charge is 0.455 e. The normalized spacial score (nSPS) is 18.0. The molecule has 1 aliphatic heterocycles. The molecule has 2 nitrogen and oxygen atoms in total. The van der Waals surface area contributed by atoms with Crippen LogP contribution in [0.2, 0.25) is 0 Å². The first kappa shape index (κ1) is 36.3. The van der Waals surface area contributed by atoms with E-state index in [0.717, 1.165) is 40.1 Å². The molecule has 0 aromatic heterocycles. The van der Waals surface area contributed by atoms with Crippen LogP contribution in [0.3, 0.4) is 0 Å². The standard InChI is InChI=1S/C61H45NO/c1-59(2)51-26-13-11-25-48(51)50-38-60(3,35-34-52(50)59)62(43-21-15-20-42(36-43)39-16-5-4-6-17-39)44-30-31-49-47-24-12-14-27-53(47)61(56(49)37-44)54-32-28-40-18-7-9-22-45(40)57(54)63-58-46-23-10-8-19-41(46)29-33-55(58)61/h4-34,36-38H,35H2,1-3H3. The van der Waals surface area contributed by atoms with Crippen LogP contribution >= 0.6 is 0 Å². The Morgan fingerprint density at radius 3 is 1.76 bits per heavy atom. The van der Waals surface area contributed by atoms with Crippen molar-refractivity contribution in [2.24, 2.45) is 0 Å². The van der Waals surface area contributed by atoms with Gasteiger partial charge in [0.15, 0.2) is 0 Å². The van der Waals surface area contributed by atoms with E-state index >= 15 is 0 Å². The van der Waals surface area contributed by atoms with Crippen LogP contribution in [0.1, 0.15) is 60.6 Å². The first-order valence-electron chi connectivity index (χ1n) is 22.3. The van der Waals surface area contributed by atoms with Gasteiger partial charge in [-0.15, -0.1) is 0 Å². The van der Waals surface area contributed by atoms with Crippen molar-refractivity contribution >= 4 is 38.5 Å². The number of benzene rings is 9. The molecule has 63 heavy (non-hydrogen) atoms. The van der Waals surface area contributed by atoms with Crippen molar-refractivity contribution in [1.82, 2.24) is 0 Å². The molecule has 0 saturated heterocycles. The van der Waals surface area contributed by atoms with E-state index < -0.39 is 11.0 Å². The van der Waals surface area contributed by atoms with Crippen molar-refractivity contribution in [3.8, 4) is 33.8 Å². The van der Waals surface area contributed by atoms with E-state index in [1.807, 2.05) is 0 Å². The molecule has 4 aliphatic rings. The van der Waals surface area contributed by atoms with Gasteiger partial charge >= 0.3 is 0 Å². The number of hydrogen-bond acceptors (Lipinski definition) is 2. The number of fused-ring (bicyclic) bond motifs is 16. The molecule has 1 unspecified atom stereocenters. The van der Waals surface area contributed by atoms with Crippen LogP contribution in [-0.2, 0) is 10.8 Å². The highest BCUT2D eigenvalue weighted by Gasteiger charge is 2.52. The van der Waals surface area contributed by atoms with Crippen LogP contribution in [0.25, 0.3) is 49.4 Å². The van der Waals surface area contributed by atoms with E-state index in [-0.39, 0.29) is 5.41 Å². The van der Waals surface area contributed by atoms with Crippen molar-refractivity contribution in [3.05, 3.63) is 245 Å². The summed E-state index contributed by atoms with van der Waals surface area (Å²) in [5.41, 5.74) is 16.6. The zero-order chi connectivity index (χ0) is 42.1. The molecule has 0 fully saturated rings. The SMILES string of the molecule is CC1(C)C2=CCC(C)(N(c3cccc(-c4ccccc4)c3)c3ccc4c(c3)C3(c5ccccc5-4)c4ccc5ccccc5c4Oc4c3ccc3ccccc43)C=C2c2ccccc21. The Labute approximate surface area is 369 Å². The summed E-state index contributed by atoms with van der Waals surface area (Å²) in [6, 6.07) is 72.0. The summed E-state index contributed by atoms with van der Waals surface area (Å²) in [5.74, 6) is 1.86. The number of rotatable bonds is 4. The van der Waals surface area contributed by atoms with Crippen LogP contribution in [-0.4, -0.2) is 5.54 Å². The molecule has 0 N–H and O–H groups in total. The second-order valence-corrected chi connectivity index (χ2v) is 18.6. The van der Waals surface area contributed by atoms with Gasteiger partial charge in [0.25, 0.3) is 0 Å². The number of nitrogens with zero attached hydrogens (tertiary/aromatic N) is 1. The number of hydrogen-bond donors (Lipinski definition) is 0. The van der Waals surface area contributed by atoms with Crippen molar-refractivity contribution in [1.29, 1.82) is 0 Å². The average molecular weight is 808 g/mol. The Kier molecular flexibility index (Phi) is 7.51. The number of allylic oxidation sites excluding steroid dienone is 2. The molecule has 9 aromatic carbocycles. The fraction of sp³-hybridized carbons (Fsp3) is 0.115. The third-order valence-corrected chi connectivity index (χ3v) is 14.8. The third-order valence-electron chi connectivity index (χ3n) is 14.8. The Morgan fingerprint density at radius 1 is 0.444 bits per heavy atom. The Hall–Kier alpha value is -7.42. The average Bonchev–Trinajstić information content (AvgIpc) is 3.73. The maximum Gasteiger partial charge on any atom is 0.140 e. The lowest BCUT2D eigenvalue weighted by atomic mass is 9.65. The summed E-state index contributed by atoms with van der Waals surface area (Å²) in [6.07, 6.45) is 5.98. The first-order chi connectivity index (χ1) is 30.8. The second kappa shape index (κ2) is 13.0. The highest BCUT2D eigenvalue weighted by molar-refractivity contribution is 6.00. The second-order valence-electron chi connectivity index (χ2n) is 18.6. The van der Waals surface area contributed by atoms with Gasteiger partial charge < -0.3 is 9.64 Å². The molecule has 1 spiro atoms. The van der Waals surface area contributed by atoms with Crippen LogP contribution < -0.4 is 9.64 Å². The number of ether oxygens (including phenoxy) is 1. The molecule has 9 aromatic rings. The highest BCUT2D eigenvalue weighted by Crippen LogP contribution is 2.65. The molecular weight excluding hydrogens is 763 g/mol. The quantitative estimate of drug-likeness (QED) is 0.176. The Balaban J connectivity index is 1.10. The zero-order valence-electron chi connectivity index (χ0n) is 35.7. The molecule has 0 amide bonds. The minimum atomic E-state index is -0.649. The summed E-state index contributed by atoms with van der Waals surface area (Å²) >= 11 is 0. The molecule has 0 bridgehead atoms. The molecule has 300 valence electrons. The van der Waals surface area contributed by atoms with E-state index in [2.05, 4.69) is 232 Å². The molecule has 0 radical (unpaired) electrons. The van der Waals surface area contributed by atoms with E-state index in [4.69, 9.17) is 4.74 Å². The third kappa shape index (κ3) is 4.95. The van der Waals surface area contributed by atoms with Crippen molar-refractivity contribution in [2.75, 3.05) is 4.90 Å².